The van der Waals surface area contributed by atoms with Crippen LogP contribution in [0.5, 0.6) is 0 Å². The number of benzene rings is 2. The van der Waals surface area contributed by atoms with E-state index in [-0.39, 0.29) is 29.5 Å². The fraction of sp³-hybridized carbons (Fsp3) is 0.278. The number of sulfonamides is 1. The van der Waals surface area contributed by atoms with Crippen molar-refractivity contribution >= 4 is 27.3 Å². The van der Waals surface area contributed by atoms with E-state index in [0.717, 1.165) is 10.4 Å². The van der Waals surface area contributed by atoms with E-state index in [2.05, 4.69) is 5.32 Å². The van der Waals surface area contributed by atoms with Crippen LogP contribution in [0.2, 0.25) is 0 Å². The molecule has 4 rings (SSSR count). The molecule has 0 aliphatic carbocycles. The van der Waals surface area contributed by atoms with E-state index >= 15 is 0 Å². The zero-order chi connectivity index (χ0) is 18.5. The molecule has 136 valence electrons. The first-order valence-electron chi connectivity index (χ1n) is 8.30. The van der Waals surface area contributed by atoms with Crippen LogP contribution < -0.4 is 9.62 Å². The molecular formula is C18H16F2N2O3S. The third kappa shape index (κ3) is 2.65. The molecule has 2 aromatic carbocycles. The Kier molecular flexibility index (Phi) is 3.95. The average molecular weight is 378 g/mol. The van der Waals surface area contributed by atoms with Gasteiger partial charge >= 0.3 is 0 Å². The molecule has 2 aromatic rings. The number of aryl methyl sites for hydroxylation is 2. The van der Waals surface area contributed by atoms with Crippen LogP contribution in [0.1, 0.15) is 24.0 Å². The van der Waals surface area contributed by atoms with Crippen molar-refractivity contribution in [3.63, 3.8) is 0 Å². The highest BCUT2D eigenvalue weighted by atomic mass is 32.2. The minimum Gasteiger partial charge on any atom is -0.326 e. The number of hydrogen-bond donors (Lipinski definition) is 1. The standard InChI is InChI=1S/C18H16F2N2O3S/c19-14-6-3-11-2-1-9-22(18(11)17(14)20)26(24,25)13-5-7-15-12(10-13)4-8-16(23)21-15/h3,5-7,10H,1-2,4,8-9H2,(H,21,23). The van der Waals surface area contributed by atoms with Gasteiger partial charge in [-0.3, -0.25) is 9.10 Å². The van der Waals surface area contributed by atoms with Crippen LogP contribution in [0.3, 0.4) is 0 Å². The van der Waals surface area contributed by atoms with Gasteiger partial charge in [0.2, 0.25) is 5.91 Å². The molecule has 2 aliphatic heterocycles. The molecular weight excluding hydrogens is 362 g/mol. The van der Waals surface area contributed by atoms with Crippen LogP contribution >= 0.6 is 0 Å². The molecule has 0 saturated carbocycles. The molecule has 0 unspecified atom stereocenters. The Morgan fingerprint density at radius 3 is 2.62 bits per heavy atom. The molecule has 1 amide bonds. The molecule has 2 heterocycles. The van der Waals surface area contributed by atoms with E-state index in [1.807, 2.05) is 0 Å². The fourth-order valence-electron chi connectivity index (χ4n) is 3.46. The maximum atomic E-state index is 14.4. The molecule has 0 spiro atoms. The molecule has 0 saturated heterocycles. The van der Waals surface area contributed by atoms with Crippen molar-refractivity contribution in [2.24, 2.45) is 0 Å². The first-order valence-corrected chi connectivity index (χ1v) is 9.74. The third-order valence-corrected chi connectivity index (χ3v) is 6.56. The summed E-state index contributed by atoms with van der Waals surface area (Å²) in [6.07, 6.45) is 1.74. The van der Waals surface area contributed by atoms with Gasteiger partial charge in [-0.25, -0.2) is 17.2 Å². The molecule has 0 atom stereocenters. The number of amides is 1. The van der Waals surface area contributed by atoms with Crippen molar-refractivity contribution < 1.29 is 22.0 Å². The van der Waals surface area contributed by atoms with Crippen molar-refractivity contribution in [3.05, 3.63) is 53.1 Å². The smallest absolute Gasteiger partial charge is 0.264 e. The van der Waals surface area contributed by atoms with Crippen LogP contribution in [-0.4, -0.2) is 20.9 Å². The molecule has 2 aliphatic rings. The summed E-state index contributed by atoms with van der Waals surface area (Å²) in [5, 5.41) is 2.69. The Bertz CT molecular complexity index is 1020. The number of halogens is 2. The number of anilines is 2. The zero-order valence-electron chi connectivity index (χ0n) is 13.8. The van der Waals surface area contributed by atoms with Crippen LogP contribution in [0.15, 0.2) is 35.2 Å². The normalized spacial score (nSPS) is 16.7. The van der Waals surface area contributed by atoms with Crippen molar-refractivity contribution in [1.82, 2.24) is 0 Å². The minimum atomic E-state index is -4.05. The lowest BCUT2D eigenvalue weighted by atomic mass is 10.0. The minimum absolute atomic E-state index is 0.00362. The Balaban J connectivity index is 1.80. The topological polar surface area (TPSA) is 66.5 Å². The Morgan fingerprint density at radius 2 is 1.81 bits per heavy atom. The van der Waals surface area contributed by atoms with Crippen molar-refractivity contribution in [1.29, 1.82) is 0 Å². The Labute approximate surface area is 149 Å². The Hall–Kier alpha value is -2.48. The summed E-state index contributed by atoms with van der Waals surface area (Å²) in [5.41, 5.74) is 1.56. The number of nitrogens with one attached hydrogen (secondary N) is 1. The van der Waals surface area contributed by atoms with Crippen molar-refractivity contribution in [2.75, 3.05) is 16.2 Å². The summed E-state index contributed by atoms with van der Waals surface area (Å²) in [5.74, 6) is -2.33. The van der Waals surface area contributed by atoms with E-state index in [0.29, 0.717) is 36.1 Å². The first-order chi connectivity index (χ1) is 12.4. The predicted molar refractivity (Wildman–Crippen MR) is 92.6 cm³/mol. The maximum Gasteiger partial charge on any atom is 0.264 e. The predicted octanol–water partition coefficient (Wildman–Crippen LogP) is 2.99. The maximum absolute atomic E-state index is 14.4. The lowest BCUT2D eigenvalue weighted by Gasteiger charge is -2.31. The highest BCUT2D eigenvalue weighted by molar-refractivity contribution is 7.92. The highest BCUT2D eigenvalue weighted by Gasteiger charge is 2.33. The number of hydrogen-bond acceptors (Lipinski definition) is 3. The summed E-state index contributed by atoms with van der Waals surface area (Å²) in [6, 6.07) is 6.86. The van der Waals surface area contributed by atoms with Gasteiger partial charge in [0, 0.05) is 18.7 Å². The van der Waals surface area contributed by atoms with E-state index in [1.54, 1.807) is 0 Å². The molecule has 1 N–H and O–H groups in total. The lowest BCUT2D eigenvalue weighted by molar-refractivity contribution is -0.116. The molecule has 0 fully saturated rings. The second-order valence-electron chi connectivity index (χ2n) is 6.42. The second-order valence-corrected chi connectivity index (χ2v) is 8.28. The summed E-state index contributed by atoms with van der Waals surface area (Å²) < 4.78 is 55.2. The number of carbonyl (C=O) groups is 1. The number of carbonyl (C=O) groups excluding carboxylic acids is 1. The van der Waals surface area contributed by atoms with Gasteiger partial charge in [0.05, 0.1) is 10.6 Å². The molecule has 5 nitrogen and oxygen atoms in total. The molecule has 8 heteroatoms. The lowest BCUT2D eigenvalue weighted by Crippen LogP contribution is -2.36. The van der Waals surface area contributed by atoms with E-state index < -0.39 is 21.7 Å². The Morgan fingerprint density at radius 1 is 1.00 bits per heavy atom. The largest absolute Gasteiger partial charge is 0.326 e. The number of nitrogens with zero attached hydrogens (tertiary/aromatic N) is 1. The van der Waals surface area contributed by atoms with Gasteiger partial charge < -0.3 is 5.32 Å². The van der Waals surface area contributed by atoms with Crippen LogP contribution in [0, 0.1) is 11.6 Å². The molecule has 26 heavy (non-hydrogen) atoms. The summed E-state index contributed by atoms with van der Waals surface area (Å²) in [4.78, 5) is 11.5. The van der Waals surface area contributed by atoms with Crippen LogP contribution in [-0.2, 0) is 27.7 Å². The van der Waals surface area contributed by atoms with Gasteiger partial charge in [-0.15, -0.1) is 0 Å². The monoisotopic (exact) mass is 378 g/mol. The quantitative estimate of drug-likeness (QED) is 0.874. The number of rotatable bonds is 2. The second kappa shape index (κ2) is 6.05. The zero-order valence-corrected chi connectivity index (χ0v) is 14.6. The SMILES string of the molecule is O=C1CCc2cc(S(=O)(=O)N3CCCc4ccc(F)c(F)c43)ccc2N1. The highest BCUT2D eigenvalue weighted by Crippen LogP contribution is 2.36. The van der Waals surface area contributed by atoms with Crippen LogP contribution in [0.25, 0.3) is 0 Å². The third-order valence-electron chi connectivity index (χ3n) is 4.77. The van der Waals surface area contributed by atoms with Gasteiger partial charge in [-0.05, 0) is 54.7 Å². The summed E-state index contributed by atoms with van der Waals surface area (Å²) in [7, 11) is -4.05. The average Bonchev–Trinajstić information content (AvgIpc) is 2.63. The van der Waals surface area contributed by atoms with Crippen molar-refractivity contribution in [2.45, 2.75) is 30.6 Å². The molecule has 0 aromatic heterocycles. The summed E-state index contributed by atoms with van der Waals surface area (Å²) in [6.45, 7) is 0.0868. The van der Waals surface area contributed by atoms with Gasteiger partial charge in [-0.2, -0.15) is 0 Å². The van der Waals surface area contributed by atoms with E-state index in [9.17, 15) is 22.0 Å². The van der Waals surface area contributed by atoms with Gasteiger partial charge in [0.15, 0.2) is 11.6 Å². The van der Waals surface area contributed by atoms with Gasteiger partial charge in [0.25, 0.3) is 10.0 Å². The fourth-order valence-corrected chi connectivity index (χ4v) is 5.06. The van der Waals surface area contributed by atoms with Crippen molar-refractivity contribution in [3.8, 4) is 0 Å². The number of fused-ring (bicyclic) bond motifs is 2. The molecule has 0 bridgehead atoms. The van der Waals surface area contributed by atoms with E-state index in [1.165, 1.54) is 24.3 Å². The van der Waals surface area contributed by atoms with Crippen LogP contribution in [0.4, 0.5) is 20.2 Å². The first kappa shape index (κ1) is 17.0. The van der Waals surface area contributed by atoms with Gasteiger partial charge in [0.1, 0.15) is 0 Å². The van der Waals surface area contributed by atoms with E-state index in [4.69, 9.17) is 0 Å². The molecule has 0 radical (unpaired) electrons. The van der Waals surface area contributed by atoms with Gasteiger partial charge in [-0.1, -0.05) is 6.07 Å². The summed E-state index contributed by atoms with van der Waals surface area (Å²) >= 11 is 0.